The van der Waals surface area contributed by atoms with Crippen LogP contribution in [-0.4, -0.2) is 27.1 Å². The van der Waals surface area contributed by atoms with Gasteiger partial charge in [-0.3, -0.25) is 9.59 Å². The standard InChI is InChI=1S/C7H9N3O3/c8-5(7(12)13)1-4-2-9-3-10-6(4)11/h2-3,5H,1,8H2,(H,12,13)(H,9,10,11). The number of aromatic nitrogens is 2. The van der Waals surface area contributed by atoms with Gasteiger partial charge < -0.3 is 15.8 Å². The fraction of sp³-hybridized carbons (Fsp3) is 0.286. The Hall–Kier alpha value is -1.69. The highest BCUT2D eigenvalue weighted by Gasteiger charge is 2.13. The lowest BCUT2D eigenvalue weighted by atomic mass is 10.1. The minimum Gasteiger partial charge on any atom is -0.480 e. The number of carboxylic acids is 1. The predicted octanol–water partition coefficient (Wildman–Crippen LogP) is -1.28. The van der Waals surface area contributed by atoms with Crippen molar-refractivity contribution >= 4 is 5.97 Å². The number of carbonyl (C=O) groups is 1. The first kappa shape index (κ1) is 9.40. The normalized spacial score (nSPS) is 12.4. The monoisotopic (exact) mass is 183 g/mol. The van der Waals surface area contributed by atoms with Crippen molar-refractivity contribution in [2.45, 2.75) is 12.5 Å². The Balaban J connectivity index is 2.81. The Morgan fingerprint density at radius 3 is 3.00 bits per heavy atom. The van der Waals surface area contributed by atoms with Crippen molar-refractivity contribution in [3.8, 4) is 0 Å². The summed E-state index contributed by atoms with van der Waals surface area (Å²) in [6.45, 7) is 0. The predicted molar refractivity (Wildman–Crippen MR) is 44.2 cm³/mol. The molecule has 13 heavy (non-hydrogen) atoms. The number of nitrogens with two attached hydrogens (primary N) is 1. The summed E-state index contributed by atoms with van der Waals surface area (Å²) >= 11 is 0. The van der Waals surface area contributed by atoms with Gasteiger partial charge in [-0.05, 0) is 0 Å². The summed E-state index contributed by atoms with van der Waals surface area (Å²) < 4.78 is 0. The average molecular weight is 183 g/mol. The van der Waals surface area contributed by atoms with Gasteiger partial charge in [0.1, 0.15) is 6.04 Å². The van der Waals surface area contributed by atoms with Gasteiger partial charge in [0.2, 0.25) is 0 Å². The minimum atomic E-state index is -1.14. The molecule has 6 heteroatoms. The van der Waals surface area contributed by atoms with Crippen molar-refractivity contribution in [3.05, 3.63) is 28.4 Å². The summed E-state index contributed by atoms with van der Waals surface area (Å²) in [5, 5.41) is 8.48. The van der Waals surface area contributed by atoms with Crippen LogP contribution in [0.1, 0.15) is 5.56 Å². The summed E-state index contributed by atoms with van der Waals surface area (Å²) in [6, 6.07) is -1.06. The highest BCUT2D eigenvalue weighted by atomic mass is 16.4. The first-order chi connectivity index (χ1) is 6.11. The van der Waals surface area contributed by atoms with Crippen LogP contribution in [0.3, 0.4) is 0 Å². The van der Waals surface area contributed by atoms with Crippen LogP contribution in [-0.2, 0) is 11.2 Å². The van der Waals surface area contributed by atoms with Gasteiger partial charge in [-0.1, -0.05) is 0 Å². The van der Waals surface area contributed by atoms with E-state index in [0.29, 0.717) is 0 Å². The summed E-state index contributed by atoms with van der Waals surface area (Å²) in [4.78, 5) is 27.4. The van der Waals surface area contributed by atoms with E-state index in [2.05, 4.69) is 9.97 Å². The molecule has 0 bridgehead atoms. The number of hydrogen-bond donors (Lipinski definition) is 3. The zero-order valence-corrected chi connectivity index (χ0v) is 6.73. The molecule has 0 radical (unpaired) electrons. The summed E-state index contributed by atoms with van der Waals surface area (Å²) in [7, 11) is 0. The van der Waals surface area contributed by atoms with Gasteiger partial charge in [0, 0.05) is 18.2 Å². The Bertz CT molecular complexity index is 360. The molecule has 1 unspecified atom stereocenters. The molecule has 6 nitrogen and oxygen atoms in total. The van der Waals surface area contributed by atoms with Crippen molar-refractivity contribution in [1.82, 2.24) is 9.97 Å². The molecule has 0 amide bonds. The third kappa shape index (κ3) is 2.38. The summed E-state index contributed by atoms with van der Waals surface area (Å²) in [6.07, 6.45) is 2.53. The van der Waals surface area contributed by atoms with Gasteiger partial charge in [-0.15, -0.1) is 0 Å². The maximum atomic E-state index is 11.0. The van der Waals surface area contributed by atoms with Gasteiger partial charge >= 0.3 is 5.97 Å². The number of nitrogens with one attached hydrogen (secondary N) is 1. The zero-order valence-electron chi connectivity index (χ0n) is 6.73. The Morgan fingerprint density at radius 1 is 1.77 bits per heavy atom. The summed E-state index contributed by atoms with van der Waals surface area (Å²) in [5.74, 6) is -1.14. The second-order valence-corrected chi connectivity index (χ2v) is 2.55. The van der Waals surface area contributed by atoms with Crippen molar-refractivity contribution in [2.24, 2.45) is 5.73 Å². The van der Waals surface area contributed by atoms with E-state index in [4.69, 9.17) is 10.8 Å². The van der Waals surface area contributed by atoms with Crippen LogP contribution in [0, 0.1) is 0 Å². The number of hydrogen-bond acceptors (Lipinski definition) is 4. The molecule has 0 aromatic carbocycles. The topological polar surface area (TPSA) is 109 Å². The van der Waals surface area contributed by atoms with Gasteiger partial charge in [-0.2, -0.15) is 0 Å². The number of H-pyrrole nitrogens is 1. The van der Waals surface area contributed by atoms with E-state index in [-0.39, 0.29) is 17.5 Å². The van der Waals surface area contributed by atoms with E-state index in [1.54, 1.807) is 0 Å². The minimum absolute atomic E-state index is 0.0154. The van der Waals surface area contributed by atoms with Gasteiger partial charge in [0.05, 0.1) is 6.33 Å². The van der Waals surface area contributed by atoms with Crippen LogP contribution in [0.4, 0.5) is 0 Å². The van der Waals surface area contributed by atoms with Gasteiger partial charge in [0.25, 0.3) is 5.56 Å². The first-order valence-electron chi connectivity index (χ1n) is 3.61. The number of rotatable bonds is 3. The molecule has 0 fully saturated rings. The smallest absolute Gasteiger partial charge is 0.320 e. The van der Waals surface area contributed by atoms with Crippen LogP contribution < -0.4 is 11.3 Å². The molecule has 1 rings (SSSR count). The molecular formula is C7H9N3O3. The number of carboxylic acid groups (broad SMARTS) is 1. The Morgan fingerprint density at radius 2 is 2.46 bits per heavy atom. The first-order valence-corrected chi connectivity index (χ1v) is 3.61. The van der Waals surface area contributed by atoms with E-state index < -0.39 is 12.0 Å². The molecule has 1 heterocycles. The van der Waals surface area contributed by atoms with Crippen molar-refractivity contribution in [2.75, 3.05) is 0 Å². The molecule has 0 spiro atoms. The van der Waals surface area contributed by atoms with Gasteiger partial charge in [-0.25, -0.2) is 4.98 Å². The lowest BCUT2D eigenvalue weighted by molar-refractivity contribution is -0.138. The van der Waals surface area contributed by atoms with Crippen LogP contribution in [0.5, 0.6) is 0 Å². The SMILES string of the molecule is NC(Cc1cnc[nH]c1=O)C(=O)O. The Labute approximate surface area is 73.4 Å². The summed E-state index contributed by atoms with van der Waals surface area (Å²) in [5.41, 5.74) is 5.16. The van der Waals surface area contributed by atoms with Crippen LogP contribution in [0.25, 0.3) is 0 Å². The molecule has 1 aromatic rings. The molecule has 4 N–H and O–H groups in total. The third-order valence-corrected chi connectivity index (χ3v) is 1.55. The fourth-order valence-electron chi connectivity index (χ4n) is 0.844. The van der Waals surface area contributed by atoms with Crippen LogP contribution in [0.15, 0.2) is 17.3 Å². The highest BCUT2D eigenvalue weighted by molar-refractivity contribution is 5.73. The van der Waals surface area contributed by atoms with Crippen LogP contribution >= 0.6 is 0 Å². The number of aliphatic carboxylic acids is 1. The van der Waals surface area contributed by atoms with Crippen molar-refractivity contribution in [1.29, 1.82) is 0 Å². The molecule has 0 aliphatic heterocycles. The second-order valence-electron chi connectivity index (χ2n) is 2.55. The molecule has 0 aliphatic rings. The molecule has 70 valence electrons. The lowest BCUT2D eigenvalue weighted by Crippen LogP contribution is -2.34. The van der Waals surface area contributed by atoms with E-state index in [0.717, 1.165) is 0 Å². The van der Waals surface area contributed by atoms with Crippen molar-refractivity contribution in [3.63, 3.8) is 0 Å². The van der Waals surface area contributed by atoms with Crippen LogP contribution in [0.2, 0.25) is 0 Å². The average Bonchev–Trinajstić information content (AvgIpc) is 2.08. The molecule has 1 atom stereocenters. The highest BCUT2D eigenvalue weighted by Crippen LogP contribution is 1.92. The number of nitrogens with zero attached hydrogens (tertiary/aromatic N) is 1. The molecule has 0 saturated carbocycles. The van der Waals surface area contributed by atoms with Crippen molar-refractivity contribution < 1.29 is 9.90 Å². The molecule has 0 saturated heterocycles. The third-order valence-electron chi connectivity index (χ3n) is 1.55. The second kappa shape index (κ2) is 3.81. The quantitative estimate of drug-likeness (QED) is 0.541. The lowest BCUT2D eigenvalue weighted by Gasteiger charge is -2.03. The number of aromatic amines is 1. The van der Waals surface area contributed by atoms with E-state index in [9.17, 15) is 9.59 Å². The molecular weight excluding hydrogens is 174 g/mol. The molecule has 1 aromatic heterocycles. The zero-order chi connectivity index (χ0) is 9.84. The van der Waals surface area contributed by atoms with E-state index in [1.165, 1.54) is 12.5 Å². The fourth-order valence-corrected chi connectivity index (χ4v) is 0.844. The maximum absolute atomic E-state index is 11.0. The van der Waals surface area contributed by atoms with Gasteiger partial charge in [0.15, 0.2) is 0 Å². The van der Waals surface area contributed by atoms with E-state index >= 15 is 0 Å². The largest absolute Gasteiger partial charge is 0.480 e. The maximum Gasteiger partial charge on any atom is 0.320 e. The molecule has 0 aliphatic carbocycles. The van der Waals surface area contributed by atoms with E-state index in [1.807, 2.05) is 0 Å². The Kier molecular flexibility index (Phi) is 2.76.